The van der Waals surface area contributed by atoms with E-state index < -0.39 is 0 Å². The van der Waals surface area contributed by atoms with Crippen LogP contribution >= 0.6 is 0 Å². The molecule has 8 aromatic rings. The molecular weight excluding hydrogens is 673 g/mol. The fraction of sp³-hybridized carbons (Fsp3) is 0.286. The molecule has 8 rings (SSSR count). The summed E-state index contributed by atoms with van der Waals surface area (Å²) in [5, 5.41) is 22.8. The van der Waals surface area contributed by atoms with Crippen LogP contribution in [-0.2, 0) is 13.1 Å². The molecule has 8 aromatic heterocycles. The van der Waals surface area contributed by atoms with Crippen molar-refractivity contribution in [3.05, 3.63) is 115 Å². The highest BCUT2D eigenvalue weighted by molar-refractivity contribution is 5.82. The van der Waals surface area contributed by atoms with Gasteiger partial charge in [0.2, 0.25) is 0 Å². The molecule has 272 valence electrons. The van der Waals surface area contributed by atoms with Crippen molar-refractivity contribution in [2.24, 2.45) is 10.8 Å². The molecule has 0 aliphatic rings. The zero-order valence-electron chi connectivity index (χ0n) is 32.0. The van der Waals surface area contributed by atoms with Crippen molar-refractivity contribution in [3.8, 4) is 50.8 Å². The first-order chi connectivity index (χ1) is 25.7. The SMILES string of the molecule is Cc1cn2ccc(-c3ncccc3-c3cnn(CC(C)(C)C)c3)cc2n1.Cc1cn2ncc(-c3nc(C#N)ccc3-c3cnn(CC(C)(C)C)c3)cc2n1. The van der Waals surface area contributed by atoms with Gasteiger partial charge in [-0.3, -0.25) is 14.3 Å². The Kier molecular flexibility index (Phi) is 9.41. The molecule has 0 bridgehead atoms. The maximum absolute atomic E-state index is 9.32. The van der Waals surface area contributed by atoms with Crippen LogP contribution in [0.2, 0.25) is 0 Å². The zero-order valence-corrected chi connectivity index (χ0v) is 32.0. The molecule has 0 radical (unpaired) electrons. The Bertz CT molecular complexity index is 2630. The van der Waals surface area contributed by atoms with E-state index in [1.54, 1.807) is 16.8 Å². The van der Waals surface area contributed by atoms with Crippen LogP contribution in [0.15, 0.2) is 98.2 Å². The van der Waals surface area contributed by atoms with Crippen molar-refractivity contribution in [3.63, 3.8) is 0 Å². The molecule has 8 heterocycles. The number of hydrogen-bond acceptors (Lipinski definition) is 8. The standard InChI is InChI=1S/C21H21N7.C21H23N5/c1-14-11-28-19(25-14)7-15(9-24-28)20-18(6-5-17(8-22)26-20)16-10-23-27(12-16)13-21(2,3)4;1-15-12-25-9-7-16(10-19(25)24-15)20-18(6-5-8-22-20)17-11-23-26(13-17)14-21(2,3)4/h5-7,9-12H,13H2,1-4H3;5-13H,14H2,1-4H3. The minimum atomic E-state index is 0.128. The zero-order chi connectivity index (χ0) is 38.2. The highest BCUT2D eigenvalue weighted by Crippen LogP contribution is 2.33. The third-order valence-corrected chi connectivity index (χ3v) is 8.55. The fourth-order valence-corrected chi connectivity index (χ4v) is 6.37. The Morgan fingerprint density at radius 1 is 0.630 bits per heavy atom. The van der Waals surface area contributed by atoms with Crippen LogP contribution in [0.3, 0.4) is 0 Å². The Labute approximate surface area is 314 Å². The molecular formula is C42H44N12. The van der Waals surface area contributed by atoms with E-state index in [0.29, 0.717) is 11.4 Å². The summed E-state index contributed by atoms with van der Waals surface area (Å²) in [7, 11) is 0. The lowest BCUT2D eigenvalue weighted by atomic mass is 9.97. The van der Waals surface area contributed by atoms with Crippen molar-refractivity contribution < 1.29 is 0 Å². The summed E-state index contributed by atoms with van der Waals surface area (Å²) < 4.78 is 7.71. The molecule has 12 heteroatoms. The molecule has 0 saturated heterocycles. The predicted octanol–water partition coefficient (Wildman–Crippen LogP) is 8.50. The topological polar surface area (TPSA) is 133 Å². The number of imidazole rings is 2. The molecule has 0 N–H and O–H groups in total. The summed E-state index contributed by atoms with van der Waals surface area (Å²) in [5.41, 5.74) is 11.8. The number of fused-ring (bicyclic) bond motifs is 2. The van der Waals surface area contributed by atoms with Gasteiger partial charge in [-0.1, -0.05) is 47.6 Å². The number of nitriles is 1. The molecule has 0 spiro atoms. The van der Waals surface area contributed by atoms with E-state index in [0.717, 1.165) is 74.8 Å². The maximum Gasteiger partial charge on any atom is 0.154 e. The van der Waals surface area contributed by atoms with E-state index in [-0.39, 0.29) is 10.8 Å². The molecule has 0 atom stereocenters. The third-order valence-electron chi connectivity index (χ3n) is 8.55. The molecule has 0 fully saturated rings. The van der Waals surface area contributed by atoms with E-state index in [1.807, 2.05) is 89.2 Å². The minimum absolute atomic E-state index is 0.128. The number of aromatic nitrogens is 11. The van der Waals surface area contributed by atoms with Gasteiger partial charge in [0.15, 0.2) is 5.65 Å². The van der Waals surface area contributed by atoms with Gasteiger partial charge in [-0.15, -0.1) is 0 Å². The van der Waals surface area contributed by atoms with Crippen LogP contribution in [0.5, 0.6) is 0 Å². The van der Waals surface area contributed by atoms with Crippen LogP contribution in [0.4, 0.5) is 0 Å². The molecule has 54 heavy (non-hydrogen) atoms. The van der Waals surface area contributed by atoms with E-state index in [4.69, 9.17) is 0 Å². The van der Waals surface area contributed by atoms with Crippen molar-refractivity contribution in [1.29, 1.82) is 5.26 Å². The van der Waals surface area contributed by atoms with Crippen LogP contribution in [0.25, 0.3) is 56.1 Å². The Morgan fingerprint density at radius 2 is 1.24 bits per heavy atom. The summed E-state index contributed by atoms with van der Waals surface area (Å²) in [6.07, 6.45) is 17.4. The highest BCUT2D eigenvalue weighted by atomic mass is 15.3. The van der Waals surface area contributed by atoms with Gasteiger partial charge in [0, 0.05) is 77.5 Å². The second kappa shape index (κ2) is 14.2. The quantitative estimate of drug-likeness (QED) is 0.167. The maximum atomic E-state index is 9.32. The molecule has 12 nitrogen and oxygen atoms in total. The lowest BCUT2D eigenvalue weighted by Crippen LogP contribution is -2.15. The average Bonchev–Trinajstić information content (AvgIpc) is 3.92. The van der Waals surface area contributed by atoms with Crippen molar-refractivity contribution in [1.82, 2.24) is 53.5 Å². The highest BCUT2D eigenvalue weighted by Gasteiger charge is 2.18. The van der Waals surface area contributed by atoms with Gasteiger partial charge in [-0.05, 0) is 61.1 Å². The number of rotatable bonds is 6. The Hall–Kier alpha value is -6.48. The number of hydrogen-bond donors (Lipinski definition) is 0. The van der Waals surface area contributed by atoms with Crippen LogP contribution < -0.4 is 0 Å². The van der Waals surface area contributed by atoms with E-state index >= 15 is 0 Å². The van der Waals surface area contributed by atoms with Gasteiger partial charge >= 0.3 is 0 Å². The lowest BCUT2D eigenvalue weighted by Gasteiger charge is -2.17. The fourth-order valence-electron chi connectivity index (χ4n) is 6.37. The Balaban J connectivity index is 0.000000167. The van der Waals surface area contributed by atoms with Crippen molar-refractivity contribution in [2.75, 3.05) is 0 Å². The average molecular weight is 717 g/mol. The van der Waals surface area contributed by atoms with Crippen LogP contribution in [0.1, 0.15) is 58.6 Å². The molecule has 0 unspecified atom stereocenters. The van der Waals surface area contributed by atoms with Crippen molar-refractivity contribution >= 4 is 11.3 Å². The number of pyridine rings is 3. The predicted molar refractivity (Wildman–Crippen MR) is 210 cm³/mol. The Morgan fingerprint density at radius 3 is 1.91 bits per heavy atom. The molecule has 0 saturated carbocycles. The van der Waals surface area contributed by atoms with E-state index in [9.17, 15) is 5.26 Å². The smallest absolute Gasteiger partial charge is 0.154 e. The summed E-state index contributed by atoms with van der Waals surface area (Å²) in [5.74, 6) is 0. The molecule has 0 aliphatic carbocycles. The van der Waals surface area contributed by atoms with Crippen LogP contribution in [0, 0.1) is 36.0 Å². The first kappa shape index (κ1) is 35.9. The molecule has 0 aliphatic heterocycles. The first-order valence-electron chi connectivity index (χ1n) is 17.9. The lowest BCUT2D eigenvalue weighted by molar-refractivity contribution is 0.325. The normalized spacial score (nSPS) is 11.8. The minimum Gasteiger partial charge on any atom is -0.307 e. The van der Waals surface area contributed by atoms with Gasteiger partial charge in [0.1, 0.15) is 17.4 Å². The van der Waals surface area contributed by atoms with E-state index in [1.165, 1.54) is 0 Å². The van der Waals surface area contributed by atoms with Gasteiger partial charge in [0.05, 0.1) is 47.6 Å². The molecule has 0 amide bonds. The summed E-state index contributed by atoms with van der Waals surface area (Å²) in [6.45, 7) is 18.8. The van der Waals surface area contributed by atoms with Gasteiger partial charge in [-0.25, -0.2) is 19.5 Å². The summed E-state index contributed by atoms with van der Waals surface area (Å²) in [4.78, 5) is 18.3. The second-order valence-electron chi connectivity index (χ2n) is 16.1. The first-order valence-corrected chi connectivity index (χ1v) is 17.9. The third kappa shape index (κ3) is 8.10. The monoisotopic (exact) mass is 716 g/mol. The van der Waals surface area contributed by atoms with Crippen LogP contribution in [-0.4, -0.2) is 53.5 Å². The number of aryl methyl sites for hydroxylation is 2. The molecule has 0 aromatic carbocycles. The van der Waals surface area contributed by atoms with Gasteiger partial charge < -0.3 is 4.40 Å². The van der Waals surface area contributed by atoms with E-state index in [2.05, 4.69) is 107 Å². The summed E-state index contributed by atoms with van der Waals surface area (Å²) >= 11 is 0. The number of nitrogens with zero attached hydrogens (tertiary/aromatic N) is 12. The second-order valence-corrected chi connectivity index (χ2v) is 16.1. The van der Waals surface area contributed by atoms with Gasteiger partial charge in [0.25, 0.3) is 0 Å². The van der Waals surface area contributed by atoms with Crippen molar-refractivity contribution in [2.45, 2.75) is 68.5 Å². The van der Waals surface area contributed by atoms with Gasteiger partial charge in [-0.2, -0.15) is 20.6 Å². The summed E-state index contributed by atoms with van der Waals surface area (Å²) in [6, 6.07) is 15.9. The largest absolute Gasteiger partial charge is 0.307 e.